The van der Waals surface area contributed by atoms with E-state index in [0.29, 0.717) is 5.71 Å². The lowest BCUT2D eigenvalue weighted by molar-refractivity contribution is 0.0876. The first kappa shape index (κ1) is 10.5. The molecule has 2 amide bonds. The minimum Gasteiger partial charge on any atom is -0.393 e. The third-order valence-corrected chi connectivity index (χ3v) is 1.36. The van der Waals surface area contributed by atoms with E-state index in [-0.39, 0.29) is 12.6 Å². The molecule has 0 bridgehead atoms. The molecule has 0 aliphatic carbocycles. The fraction of sp³-hybridized carbons (Fsp3) is 0.571. The Bertz CT molecular complexity index is 273. The van der Waals surface area contributed by atoms with Gasteiger partial charge < -0.3 is 4.84 Å². The highest BCUT2D eigenvalue weighted by molar-refractivity contribution is 6.32. The van der Waals surface area contributed by atoms with Gasteiger partial charge in [0.05, 0.1) is 12.8 Å². The summed E-state index contributed by atoms with van der Waals surface area (Å²) in [6.07, 6.45) is 1.43. The Morgan fingerprint density at radius 3 is 3.07 bits per heavy atom. The maximum absolute atomic E-state index is 10.8. The summed E-state index contributed by atoms with van der Waals surface area (Å²) in [7, 11) is 0. The smallest absolute Gasteiger partial charge is 0.352 e. The van der Waals surface area contributed by atoms with Crippen LogP contribution >= 0.6 is 0 Å². The van der Waals surface area contributed by atoms with Gasteiger partial charge in [-0.3, -0.25) is 5.01 Å². The first-order chi connectivity index (χ1) is 6.59. The molecule has 0 aromatic carbocycles. The lowest BCUT2D eigenvalue weighted by Gasteiger charge is -2.19. The summed E-state index contributed by atoms with van der Waals surface area (Å²) in [6, 6.07) is -0.438. The minimum atomic E-state index is -0.438. The maximum Gasteiger partial charge on any atom is 0.352 e. The van der Waals surface area contributed by atoms with Gasteiger partial charge in [-0.1, -0.05) is 5.16 Å². The minimum absolute atomic E-state index is 0.0130. The van der Waals surface area contributed by atoms with Crippen molar-refractivity contribution in [2.75, 3.05) is 6.54 Å². The van der Waals surface area contributed by atoms with Gasteiger partial charge in [-0.25, -0.2) is 16.1 Å². The van der Waals surface area contributed by atoms with Gasteiger partial charge in [0, 0.05) is 0 Å². The molecule has 0 saturated carbocycles. The molecule has 0 aromatic heterocycles. The van der Waals surface area contributed by atoms with Gasteiger partial charge in [0.2, 0.25) is 0 Å². The predicted molar refractivity (Wildman–Crippen MR) is 51.6 cm³/mol. The van der Waals surface area contributed by atoms with Crippen LogP contribution in [-0.2, 0) is 4.84 Å². The van der Waals surface area contributed by atoms with Crippen molar-refractivity contribution in [3.8, 4) is 0 Å². The first-order valence-corrected chi connectivity index (χ1v) is 4.17. The van der Waals surface area contributed by atoms with Crippen LogP contribution in [0.15, 0.2) is 10.3 Å². The number of carbonyl (C=O) groups excluding carboxylic acids is 1. The lowest BCUT2D eigenvalue weighted by atomic mass is 10.4. The van der Waals surface area contributed by atoms with Gasteiger partial charge in [0.15, 0.2) is 0 Å². The quantitative estimate of drug-likeness (QED) is 0.281. The standard InChI is InChI=1S/C7H13N5O2/c1-5(2)14-9-3-6-4-12(8)7(13)11-10-6/h3,5H,4,8H2,1-2H3,(H,11,13). The van der Waals surface area contributed by atoms with Crippen molar-refractivity contribution in [1.29, 1.82) is 0 Å². The highest BCUT2D eigenvalue weighted by atomic mass is 16.6. The van der Waals surface area contributed by atoms with Gasteiger partial charge in [-0.05, 0) is 13.8 Å². The fourth-order valence-corrected chi connectivity index (χ4v) is 0.748. The topological polar surface area (TPSA) is 92.3 Å². The number of hydrazine groups is 1. The van der Waals surface area contributed by atoms with Crippen LogP contribution in [0.2, 0.25) is 0 Å². The molecular weight excluding hydrogens is 186 g/mol. The molecule has 1 aliphatic rings. The van der Waals surface area contributed by atoms with E-state index in [4.69, 9.17) is 10.7 Å². The number of nitrogens with zero attached hydrogens (tertiary/aromatic N) is 3. The highest BCUT2D eigenvalue weighted by Gasteiger charge is 2.15. The Morgan fingerprint density at radius 1 is 1.79 bits per heavy atom. The van der Waals surface area contributed by atoms with Crippen molar-refractivity contribution in [2.45, 2.75) is 20.0 Å². The second-order valence-corrected chi connectivity index (χ2v) is 3.04. The molecule has 0 saturated heterocycles. The zero-order chi connectivity index (χ0) is 10.6. The Morgan fingerprint density at radius 2 is 2.50 bits per heavy atom. The zero-order valence-corrected chi connectivity index (χ0v) is 8.10. The molecule has 14 heavy (non-hydrogen) atoms. The van der Waals surface area contributed by atoms with E-state index in [0.717, 1.165) is 5.01 Å². The van der Waals surface area contributed by atoms with Crippen LogP contribution in [-0.4, -0.2) is 35.6 Å². The number of rotatable bonds is 3. The average Bonchev–Trinajstić information content (AvgIpc) is 2.10. The van der Waals surface area contributed by atoms with Crippen LogP contribution in [0.1, 0.15) is 13.8 Å². The number of urea groups is 1. The number of carbonyl (C=O) groups is 1. The summed E-state index contributed by atoms with van der Waals surface area (Å²) in [4.78, 5) is 15.8. The van der Waals surface area contributed by atoms with E-state index < -0.39 is 6.03 Å². The molecule has 0 radical (unpaired) electrons. The van der Waals surface area contributed by atoms with E-state index in [9.17, 15) is 4.79 Å². The highest BCUT2D eigenvalue weighted by Crippen LogP contribution is 1.91. The van der Waals surface area contributed by atoms with Crippen LogP contribution in [0.3, 0.4) is 0 Å². The van der Waals surface area contributed by atoms with Crippen LogP contribution in [0.5, 0.6) is 0 Å². The molecule has 1 aliphatic heterocycles. The van der Waals surface area contributed by atoms with Crippen LogP contribution in [0.25, 0.3) is 0 Å². The van der Waals surface area contributed by atoms with Crippen LogP contribution in [0.4, 0.5) is 4.79 Å². The van der Waals surface area contributed by atoms with Crippen molar-refractivity contribution < 1.29 is 9.63 Å². The second kappa shape index (κ2) is 4.56. The fourth-order valence-electron chi connectivity index (χ4n) is 0.748. The maximum atomic E-state index is 10.8. The molecule has 1 rings (SSSR count). The summed E-state index contributed by atoms with van der Waals surface area (Å²) in [5, 5.41) is 8.39. The number of oxime groups is 1. The normalized spacial score (nSPS) is 17.3. The van der Waals surface area contributed by atoms with Gasteiger partial charge in [-0.2, -0.15) is 5.10 Å². The Balaban J connectivity index is 2.46. The number of nitrogens with one attached hydrogen (secondary N) is 1. The largest absolute Gasteiger partial charge is 0.393 e. The molecule has 3 N–H and O–H groups in total. The molecule has 0 fully saturated rings. The van der Waals surface area contributed by atoms with E-state index in [2.05, 4.69) is 15.7 Å². The Labute approximate surface area is 81.5 Å². The second-order valence-electron chi connectivity index (χ2n) is 3.04. The van der Waals surface area contributed by atoms with E-state index in [1.54, 1.807) is 0 Å². The molecule has 1 heterocycles. The summed E-state index contributed by atoms with van der Waals surface area (Å²) in [5.41, 5.74) is 2.76. The third-order valence-electron chi connectivity index (χ3n) is 1.36. The van der Waals surface area contributed by atoms with Gasteiger partial charge >= 0.3 is 6.03 Å². The van der Waals surface area contributed by atoms with Gasteiger partial charge in [0.25, 0.3) is 0 Å². The van der Waals surface area contributed by atoms with E-state index in [1.807, 2.05) is 13.8 Å². The summed E-state index contributed by atoms with van der Waals surface area (Å²) in [5.74, 6) is 5.34. The summed E-state index contributed by atoms with van der Waals surface area (Å²) in [6.45, 7) is 3.94. The molecule has 7 heteroatoms. The molecule has 78 valence electrons. The first-order valence-electron chi connectivity index (χ1n) is 4.17. The van der Waals surface area contributed by atoms with Crippen molar-refractivity contribution in [3.05, 3.63) is 0 Å². The SMILES string of the molecule is CC(C)ON=CC1=NNC(=O)N(N)C1. The number of hydrogen-bond donors (Lipinski definition) is 2. The molecule has 0 spiro atoms. The van der Waals surface area contributed by atoms with Crippen molar-refractivity contribution >= 4 is 18.0 Å². The van der Waals surface area contributed by atoms with E-state index >= 15 is 0 Å². The summed E-state index contributed by atoms with van der Waals surface area (Å²) < 4.78 is 0. The van der Waals surface area contributed by atoms with Crippen LogP contribution < -0.4 is 11.3 Å². The van der Waals surface area contributed by atoms with E-state index in [1.165, 1.54) is 6.21 Å². The molecule has 0 atom stereocenters. The molecule has 0 aromatic rings. The van der Waals surface area contributed by atoms with Gasteiger partial charge in [0.1, 0.15) is 11.8 Å². The van der Waals surface area contributed by atoms with Gasteiger partial charge in [-0.15, -0.1) is 0 Å². The number of hydrazone groups is 1. The van der Waals surface area contributed by atoms with Crippen molar-refractivity contribution in [1.82, 2.24) is 10.4 Å². The zero-order valence-electron chi connectivity index (χ0n) is 8.10. The number of amides is 2. The lowest BCUT2D eigenvalue weighted by Crippen LogP contribution is -2.50. The number of nitrogens with two attached hydrogens (primary N) is 1. The average molecular weight is 199 g/mol. The molecular formula is C7H13N5O2. The molecule has 0 unspecified atom stereocenters. The summed E-state index contributed by atoms with van der Waals surface area (Å²) >= 11 is 0. The Hall–Kier alpha value is -1.63. The van der Waals surface area contributed by atoms with Crippen molar-refractivity contribution in [2.24, 2.45) is 16.1 Å². The van der Waals surface area contributed by atoms with Crippen LogP contribution in [0, 0.1) is 0 Å². The third kappa shape index (κ3) is 3.02. The predicted octanol–water partition coefficient (Wildman–Crippen LogP) is -0.348. The molecule has 7 nitrogen and oxygen atoms in total. The monoisotopic (exact) mass is 199 g/mol. The number of hydrogen-bond acceptors (Lipinski definition) is 5. The van der Waals surface area contributed by atoms with Crippen molar-refractivity contribution in [3.63, 3.8) is 0 Å². The Kier molecular flexibility index (Phi) is 3.41.